The van der Waals surface area contributed by atoms with E-state index in [9.17, 15) is 4.79 Å². The Morgan fingerprint density at radius 2 is 1.71 bits per heavy atom. The van der Waals surface area contributed by atoms with Crippen LogP contribution in [-0.4, -0.2) is 24.9 Å². The lowest BCUT2D eigenvalue weighted by Crippen LogP contribution is -3.00. The molecular formula is C15H15Cl3N2O. The molecule has 0 unspecified atom stereocenters. The van der Waals surface area contributed by atoms with E-state index < -0.39 is 0 Å². The highest BCUT2D eigenvalue weighted by atomic mass is 35.5. The number of nitrogens with zero attached hydrogens (tertiary/aromatic N) is 2. The molecule has 1 amide bonds. The molecule has 0 atom stereocenters. The third-order valence-electron chi connectivity index (χ3n) is 2.89. The third-order valence-corrected chi connectivity index (χ3v) is 3.63. The number of benzene rings is 1. The van der Waals surface area contributed by atoms with Crippen molar-refractivity contribution in [3.05, 3.63) is 63.9 Å². The highest BCUT2D eigenvalue weighted by molar-refractivity contribution is 6.42. The minimum absolute atomic E-state index is 0. The van der Waals surface area contributed by atoms with Gasteiger partial charge in [0.2, 0.25) is 0 Å². The Kier molecular flexibility index (Phi) is 6.46. The van der Waals surface area contributed by atoms with Crippen LogP contribution in [0.5, 0.6) is 0 Å². The predicted octanol–water partition coefficient (Wildman–Crippen LogP) is 0.0350. The van der Waals surface area contributed by atoms with Gasteiger partial charge in [-0.25, -0.2) is 4.57 Å². The zero-order chi connectivity index (χ0) is 14.7. The van der Waals surface area contributed by atoms with Crippen LogP contribution >= 0.6 is 23.2 Å². The summed E-state index contributed by atoms with van der Waals surface area (Å²) < 4.78 is 1.98. The lowest BCUT2D eigenvalue weighted by atomic mass is 10.2. The molecule has 0 saturated carbocycles. The van der Waals surface area contributed by atoms with Gasteiger partial charge in [-0.3, -0.25) is 4.79 Å². The summed E-state index contributed by atoms with van der Waals surface area (Å²) in [5.41, 5.74) is 1.72. The van der Waals surface area contributed by atoms with Crippen molar-refractivity contribution in [2.24, 2.45) is 0 Å². The molecule has 0 aliphatic carbocycles. The molecule has 0 saturated heterocycles. The van der Waals surface area contributed by atoms with Gasteiger partial charge < -0.3 is 17.3 Å². The van der Waals surface area contributed by atoms with Gasteiger partial charge in [0.05, 0.1) is 15.6 Å². The highest BCUT2D eigenvalue weighted by Gasteiger charge is 2.10. The molecule has 0 bridgehead atoms. The normalized spacial score (nSPS) is 9.90. The van der Waals surface area contributed by atoms with E-state index >= 15 is 0 Å². The molecule has 3 nitrogen and oxygen atoms in total. The number of hydrogen-bond donors (Lipinski definition) is 0. The molecule has 21 heavy (non-hydrogen) atoms. The van der Waals surface area contributed by atoms with Crippen LogP contribution in [0.25, 0.3) is 0 Å². The van der Waals surface area contributed by atoms with Gasteiger partial charge >= 0.3 is 0 Å². The van der Waals surface area contributed by atoms with E-state index in [4.69, 9.17) is 23.2 Å². The van der Waals surface area contributed by atoms with Crippen LogP contribution in [0.15, 0.2) is 42.7 Å². The lowest BCUT2D eigenvalue weighted by molar-refractivity contribution is -0.688. The number of pyridine rings is 1. The van der Waals surface area contributed by atoms with E-state index in [0.29, 0.717) is 22.2 Å². The largest absolute Gasteiger partial charge is 1.00 e. The number of halogens is 3. The first-order valence-corrected chi connectivity index (χ1v) is 6.87. The van der Waals surface area contributed by atoms with Crippen LogP contribution in [0.4, 0.5) is 0 Å². The first kappa shape index (κ1) is 17.8. The van der Waals surface area contributed by atoms with Crippen molar-refractivity contribution in [1.29, 1.82) is 0 Å². The number of carbonyl (C=O) groups is 1. The average Bonchev–Trinajstić information content (AvgIpc) is 2.43. The highest BCUT2D eigenvalue weighted by Crippen LogP contribution is 2.22. The molecule has 0 radical (unpaired) electrons. The molecule has 6 heteroatoms. The number of carbonyl (C=O) groups excluding carboxylic acids is 1. The molecule has 2 aromatic rings. The maximum Gasteiger partial charge on any atom is 0.253 e. The van der Waals surface area contributed by atoms with Crippen molar-refractivity contribution in [2.45, 2.75) is 6.54 Å². The second kappa shape index (κ2) is 7.64. The van der Waals surface area contributed by atoms with Crippen LogP contribution in [0.1, 0.15) is 15.9 Å². The van der Waals surface area contributed by atoms with Crippen molar-refractivity contribution in [2.75, 3.05) is 14.1 Å². The van der Waals surface area contributed by atoms with Gasteiger partial charge in [-0.1, -0.05) is 29.3 Å². The molecule has 0 N–H and O–H groups in total. The van der Waals surface area contributed by atoms with Crippen molar-refractivity contribution in [1.82, 2.24) is 4.90 Å². The fourth-order valence-corrected chi connectivity index (χ4v) is 2.13. The first-order chi connectivity index (χ1) is 9.47. The van der Waals surface area contributed by atoms with Gasteiger partial charge in [0.1, 0.15) is 0 Å². The van der Waals surface area contributed by atoms with Gasteiger partial charge in [-0.15, -0.1) is 0 Å². The van der Waals surface area contributed by atoms with Crippen LogP contribution in [0.2, 0.25) is 10.0 Å². The predicted molar refractivity (Wildman–Crippen MR) is 80.2 cm³/mol. The Bertz CT molecular complexity index is 627. The quantitative estimate of drug-likeness (QED) is 0.721. The van der Waals surface area contributed by atoms with E-state index in [1.807, 2.05) is 29.1 Å². The third kappa shape index (κ3) is 4.60. The van der Waals surface area contributed by atoms with Crippen LogP contribution in [0, 0.1) is 0 Å². The van der Waals surface area contributed by atoms with Gasteiger partial charge in [-0.2, -0.15) is 0 Å². The van der Waals surface area contributed by atoms with Gasteiger partial charge in [-0.05, 0) is 12.1 Å². The minimum Gasteiger partial charge on any atom is -1.00 e. The van der Waals surface area contributed by atoms with Crippen LogP contribution in [0.3, 0.4) is 0 Å². The summed E-state index contributed by atoms with van der Waals surface area (Å²) in [6.07, 6.45) is 3.75. The molecule has 0 aliphatic rings. The smallest absolute Gasteiger partial charge is 0.253 e. The summed E-state index contributed by atoms with van der Waals surface area (Å²) in [5.74, 6) is -0.00770. The van der Waals surface area contributed by atoms with Crippen molar-refractivity contribution in [3.63, 3.8) is 0 Å². The Morgan fingerprint density at radius 3 is 2.24 bits per heavy atom. The number of aromatic nitrogens is 1. The second-order valence-corrected chi connectivity index (χ2v) is 5.52. The van der Waals surface area contributed by atoms with Crippen molar-refractivity contribution in [3.8, 4) is 0 Å². The maximum absolute atomic E-state index is 11.8. The SMILES string of the molecule is CN(C)C(=O)c1cc[n+](Cc2ccc(Cl)c(Cl)c2)cc1.[Cl-]. The fraction of sp³-hybridized carbons (Fsp3) is 0.200. The molecule has 112 valence electrons. The van der Waals surface area contributed by atoms with Gasteiger partial charge in [0.25, 0.3) is 5.91 Å². The zero-order valence-electron chi connectivity index (χ0n) is 11.7. The summed E-state index contributed by atoms with van der Waals surface area (Å²) in [4.78, 5) is 13.3. The first-order valence-electron chi connectivity index (χ1n) is 6.12. The zero-order valence-corrected chi connectivity index (χ0v) is 14.0. The maximum atomic E-state index is 11.8. The van der Waals surface area contributed by atoms with Crippen LogP contribution < -0.4 is 17.0 Å². The van der Waals surface area contributed by atoms with Gasteiger partial charge in [0, 0.05) is 31.8 Å². The number of rotatable bonds is 3. The fourth-order valence-electron chi connectivity index (χ4n) is 1.81. The van der Waals surface area contributed by atoms with Crippen molar-refractivity contribution >= 4 is 29.1 Å². The van der Waals surface area contributed by atoms with E-state index in [1.165, 1.54) is 0 Å². The van der Waals surface area contributed by atoms with Crippen molar-refractivity contribution < 1.29 is 21.8 Å². The molecule has 2 rings (SSSR count). The summed E-state index contributed by atoms with van der Waals surface area (Å²) in [7, 11) is 3.47. The van der Waals surface area contributed by atoms with E-state index in [1.54, 1.807) is 37.2 Å². The Balaban J connectivity index is 0.00000220. The Labute approximate surface area is 140 Å². The summed E-state index contributed by atoms with van der Waals surface area (Å²) in [6, 6.07) is 9.17. The topological polar surface area (TPSA) is 24.2 Å². The van der Waals surface area contributed by atoms with E-state index in [0.717, 1.165) is 5.56 Å². The Hall–Kier alpha value is -1.29. The van der Waals surface area contributed by atoms with E-state index in [-0.39, 0.29) is 18.3 Å². The summed E-state index contributed by atoms with van der Waals surface area (Å²) in [5, 5.41) is 1.09. The average molecular weight is 346 g/mol. The monoisotopic (exact) mass is 344 g/mol. The number of hydrogen-bond acceptors (Lipinski definition) is 1. The standard InChI is InChI=1S/C15H15Cl2N2O.ClH/c1-18(2)15(20)12-5-7-19(8-6-12)10-11-3-4-13(16)14(17)9-11;/h3-9H,10H2,1-2H3;1H/q+1;/p-1. The Morgan fingerprint density at radius 1 is 1.10 bits per heavy atom. The van der Waals surface area contributed by atoms with Crippen LogP contribution in [-0.2, 0) is 6.54 Å². The molecule has 1 aromatic heterocycles. The van der Waals surface area contributed by atoms with E-state index in [2.05, 4.69) is 0 Å². The summed E-state index contributed by atoms with van der Waals surface area (Å²) in [6.45, 7) is 0.674. The molecule has 1 heterocycles. The molecule has 1 aromatic carbocycles. The summed E-state index contributed by atoms with van der Waals surface area (Å²) >= 11 is 11.9. The lowest BCUT2D eigenvalue weighted by Gasteiger charge is -2.09. The second-order valence-electron chi connectivity index (χ2n) is 4.71. The molecular weight excluding hydrogens is 331 g/mol. The molecule has 0 spiro atoms. The number of amides is 1. The minimum atomic E-state index is -0.00770. The molecule has 0 aliphatic heterocycles. The van der Waals surface area contributed by atoms with Gasteiger partial charge in [0.15, 0.2) is 18.9 Å². The molecule has 0 fully saturated rings.